The van der Waals surface area contributed by atoms with E-state index in [0.717, 1.165) is 25.4 Å². The fourth-order valence-corrected chi connectivity index (χ4v) is 1.90. The molecule has 1 aromatic rings. The first-order chi connectivity index (χ1) is 8.22. The van der Waals surface area contributed by atoms with E-state index in [1.54, 1.807) is 12.1 Å². The molecule has 0 atom stereocenters. The van der Waals surface area contributed by atoms with Gasteiger partial charge in [-0.05, 0) is 32.0 Å². The van der Waals surface area contributed by atoms with Gasteiger partial charge in [-0.15, -0.1) is 0 Å². The molecule has 0 bridgehead atoms. The van der Waals surface area contributed by atoms with Crippen molar-refractivity contribution in [2.24, 2.45) is 0 Å². The van der Waals surface area contributed by atoms with E-state index >= 15 is 0 Å². The summed E-state index contributed by atoms with van der Waals surface area (Å²) >= 11 is 6.16. The van der Waals surface area contributed by atoms with E-state index < -0.39 is 0 Å². The first kappa shape index (κ1) is 13.8. The highest BCUT2D eigenvalue weighted by molar-refractivity contribution is 6.33. The minimum absolute atomic E-state index is 0.583. The molecule has 0 saturated carbocycles. The second-order valence-corrected chi connectivity index (χ2v) is 3.96. The van der Waals surface area contributed by atoms with Gasteiger partial charge in [0.25, 0.3) is 0 Å². The number of likely N-dealkylation sites (N-methyl/N-ethyl adjacent to an activating group) is 1. The molecule has 0 fully saturated rings. The molecule has 1 aromatic carbocycles. The first-order valence-corrected chi connectivity index (χ1v) is 6.13. The molecule has 1 rings (SSSR count). The van der Waals surface area contributed by atoms with Gasteiger partial charge >= 0.3 is 0 Å². The second-order valence-electron chi connectivity index (χ2n) is 3.55. The highest BCUT2D eigenvalue weighted by atomic mass is 35.5. The Labute approximate surface area is 108 Å². The summed E-state index contributed by atoms with van der Waals surface area (Å²) in [5.74, 6) is 0. The van der Waals surface area contributed by atoms with Crippen molar-refractivity contribution in [3.63, 3.8) is 0 Å². The summed E-state index contributed by atoms with van der Waals surface area (Å²) in [7, 11) is 0. The number of hydrogen-bond donors (Lipinski definition) is 0. The smallest absolute Gasteiger partial charge is 0.0992 e. The van der Waals surface area contributed by atoms with Crippen molar-refractivity contribution in [3.8, 4) is 6.07 Å². The van der Waals surface area contributed by atoms with Crippen molar-refractivity contribution in [1.82, 2.24) is 0 Å². The topological polar surface area (TPSA) is 36.3 Å². The number of rotatable bonds is 6. The Kier molecular flexibility index (Phi) is 5.82. The molecular weight excluding hydrogens is 236 g/mol. The van der Waals surface area contributed by atoms with Gasteiger partial charge in [0.1, 0.15) is 0 Å². The van der Waals surface area contributed by atoms with E-state index in [0.29, 0.717) is 17.2 Å². The maximum atomic E-state index is 8.78. The second kappa shape index (κ2) is 7.16. The predicted molar refractivity (Wildman–Crippen MR) is 70.5 cm³/mol. The van der Waals surface area contributed by atoms with Crippen LogP contribution in [-0.4, -0.2) is 26.3 Å². The van der Waals surface area contributed by atoms with E-state index in [1.807, 2.05) is 13.0 Å². The largest absolute Gasteiger partial charge is 0.380 e. The quantitative estimate of drug-likeness (QED) is 0.730. The summed E-state index contributed by atoms with van der Waals surface area (Å²) in [5, 5.41) is 9.39. The molecule has 0 radical (unpaired) electrons. The monoisotopic (exact) mass is 252 g/mol. The highest BCUT2D eigenvalue weighted by Gasteiger charge is 2.09. The molecule has 0 spiro atoms. The number of benzene rings is 1. The van der Waals surface area contributed by atoms with Gasteiger partial charge in [-0.1, -0.05) is 11.6 Å². The number of anilines is 1. The lowest BCUT2D eigenvalue weighted by Gasteiger charge is -2.24. The Bertz CT molecular complexity index is 401. The lowest BCUT2D eigenvalue weighted by molar-refractivity contribution is 0.154. The molecule has 0 heterocycles. The van der Waals surface area contributed by atoms with E-state index in [2.05, 4.69) is 17.9 Å². The van der Waals surface area contributed by atoms with Crippen LogP contribution in [0.4, 0.5) is 5.69 Å². The number of hydrogen-bond acceptors (Lipinski definition) is 3. The summed E-state index contributed by atoms with van der Waals surface area (Å²) in [5.41, 5.74) is 1.53. The van der Waals surface area contributed by atoms with Gasteiger partial charge in [-0.25, -0.2) is 0 Å². The highest BCUT2D eigenvalue weighted by Crippen LogP contribution is 2.26. The molecule has 0 aliphatic carbocycles. The zero-order valence-corrected chi connectivity index (χ0v) is 11.0. The third kappa shape index (κ3) is 3.92. The summed E-state index contributed by atoms with van der Waals surface area (Å²) in [6, 6.07) is 7.44. The van der Waals surface area contributed by atoms with Gasteiger partial charge in [-0.2, -0.15) is 5.26 Å². The van der Waals surface area contributed by atoms with Crippen LogP contribution in [0.1, 0.15) is 19.4 Å². The maximum absolute atomic E-state index is 8.78. The number of halogens is 1. The summed E-state index contributed by atoms with van der Waals surface area (Å²) in [6.45, 7) is 7.11. The van der Waals surface area contributed by atoms with Crippen molar-refractivity contribution >= 4 is 17.3 Å². The van der Waals surface area contributed by atoms with Crippen LogP contribution in [0, 0.1) is 11.3 Å². The summed E-state index contributed by atoms with van der Waals surface area (Å²) < 4.78 is 5.33. The average Bonchev–Trinajstić information content (AvgIpc) is 2.35. The summed E-state index contributed by atoms with van der Waals surface area (Å²) in [6.07, 6.45) is 0. The Morgan fingerprint density at radius 3 is 2.71 bits per heavy atom. The van der Waals surface area contributed by atoms with Gasteiger partial charge in [0.2, 0.25) is 0 Å². The van der Waals surface area contributed by atoms with Gasteiger partial charge < -0.3 is 9.64 Å². The Morgan fingerprint density at radius 1 is 1.41 bits per heavy atom. The van der Waals surface area contributed by atoms with Crippen molar-refractivity contribution < 1.29 is 4.74 Å². The van der Waals surface area contributed by atoms with Gasteiger partial charge in [0.15, 0.2) is 0 Å². The third-order valence-corrected chi connectivity index (χ3v) is 2.81. The Balaban J connectivity index is 2.78. The van der Waals surface area contributed by atoms with Crippen LogP contribution in [0.5, 0.6) is 0 Å². The molecule has 0 saturated heterocycles. The minimum Gasteiger partial charge on any atom is -0.380 e. The molecule has 92 valence electrons. The molecule has 0 aromatic heterocycles. The SMILES string of the molecule is CCOCCN(CC)c1ccc(C#N)cc1Cl. The zero-order valence-electron chi connectivity index (χ0n) is 10.2. The van der Waals surface area contributed by atoms with Crippen LogP contribution in [0.15, 0.2) is 18.2 Å². The zero-order chi connectivity index (χ0) is 12.7. The Morgan fingerprint density at radius 2 is 2.18 bits per heavy atom. The first-order valence-electron chi connectivity index (χ1n) is 5.75. The number of nitrogens with zero attached hydrogens (tertiary/aromatic N) is 2. The van der Waals surface area contributed by atoms with Crippen LogP contribution in [-0.2, 0) is 4.74 Å². The van der Waals surface area contributed by atoms with Crippen LogP contribution >= 0.6 is 11.6 Å². The predicted octanol–water partition coefficient (Wildman–Crippen LogP) is 3.07. The lowest BCUT2D eigenvalue weighted by atomic mass is 10.2. The van der Waals surface area contributed by atoms with Gasteiger partial charge in [0.05, 0.1) is 28.9 Å². The van der Waals surface area contributed by atoms with E-state index in [4.69, 9.17) is 21.6 Å². The van der Waals surface area contributed by atoms with Crippen LogP contribution in [0.3, 0.4) is 0 Å². The van der Waals surface area contributed by atoms with E-state index in [1.165, 1.54) is 0 Å². The fourth-order valence-electron chi connectivity index (χ4n) is 1.60. The molecule has 0 aliphatic heterocycles. The van der Waals surface area contributed by atoms with E-state index in [-0.39, 0.29) is 0 Å². The van der Waals surface area contributed by atoms with Crippen molar-refractivity contribution in [2.45, 2.75) is 13.8 Å². The molecule has 17 heavy (non-hydrogen) atoms. The summed E-state index contributed by atoms with van der Waals surface area (Å²) in [4.78, 5) is 2.14. The van der Waals surface area contributed by atoms with Crippen molar-refractivity contribution in [3.05, 3.63) is 28.8 Å². The molecule has 0 N–H and O–H groups in total. The molecule has 3 nitrogen and oxygen atoms in total. The third-order valence-electron chi connectivity index (χ3n) is 2.51. The molecule has 0 aliphatic rings. The Hall–Kier alpha value is -1.24. The lowest BCUT2D eigenvalue weighted by Crippen LogP contribution is -2.27. The maximum Gasteiger partial charge on any atom is 0.0992 e. The standard InChI is InChI=1S/C13H17ClN2O/c1-3-16(7-8-17-4-2)13-6-5-11(10-15)9-12(13)14/h5-6,9H,3-4,7-8H2,1-2H3. The van der Waals surface area contributed by atoms with Crippen LogP contribution in [0.25, 0.3) is 0 Å². The molecule has 0 unspecified atom stereocenters. The average molecular weight is 253 g/mol. The van der Waals surface area contributed by atoms with Crippen LogP contribution in [0.2, 0.25) is 5.02 Å². The normalized spacial score (nSPS) is 10.0. The van der Waals surface area contributed by atoms with Crippen molar-refractivity contribution in [1.29, 1.82) is 5.26 Å². The molecular formula is C13H17ClN2O. The minimum atomic E-state index is 0.583. The van der Waals surface area contributed by atoms with Crippen molar-refractivity contribution in [2.75, 3.05) is 31.2 Å². The fraction of sp³-hybridized carbons (Fsp3) is 0.462. The number of ether oxygens (including phenoxy) is 1. The van der Waals surface area contributed by atoms with E-state index in [9.17, 15) is 0 Å². The number of nitriles is 1. The molecule has 4 heteroatoms. The molecule has 0 amide bonds. The van der Waals surface area contributed by atoms with Gasteiger partial charge in [0, 0.05) is 19.7 Å². The van der Waals surface area contributed by atoms with Gasteiger partial charge in [-0.3, -0.25) is 0 Å². The van der Waals surface area contributed by atoms with Crippen LogP contribution < -0.4 is 4.90 Å².